The summed E-state index contributed by atoms with van der Waals surface area (Å²) >= 11 is 0. The summed E-state index contributed by atoms with van der Waals surface area (Å²) in [5, 5.41) is 5.38. The standard InChI is InChI=1S/C22H26FN3O5/c1-4-31-22(29)14-26(12-16-5-7-17(23)8-6-16)13-21(28)25-19-11-18(24-15(2)27)9-10-20(19)30-3/h5-11H,4,12-14H2,1-3H3,(H,24,27)(H,25,28). The van der Waals surface area contributed by atoms with Crippen molar-refractivity contribution in [3.8, 4) is 5.75 Å². The maximum absolute atomic E-state index is 13.2. The van der Waals surface area contributed by atoms with E-state index in [4.69, 9.17) is 9.47 Å². The molecule has 0 saturated carbocycles. The number of rotatable bonds is 10. The predicted molar refractivity (Wildman–Crippen MR) is 114 cm³/mol. The molecule has 166 valence electrons. The molecule has 2 N–H and O–H groups in total. The minimum absolute atomic E-state index is 0.109. The molecule has 2 aromatic carbocycles. The summed E-state index contributed by atoms with van der Waals surface area (Å²) in [5.74, 6) is -1.07. The number of esters is 1. The second kappa shape index (κ2) is 11.7. The third-order valence-electron chi connectivity index (χ3n) is 4.14. The van der Waals surface area contributed by atoms with Gasteiger partial charge in [-0.2, -0.15) is 0 Å². The molecule has 0 saturated heterocycles. The van der Waals surface area contributed by atoms with E-state index in [1.807, 2.05) is 0 Å². The number of halogens is 1. The van der Waals surface area contributed by atoms with Gasteiger partial charge in [0.25, 0.3) is 0 Å². The van der Waals surface area contributed by atoms with Crippen molar-refractivity contribution in [3.63, 3.8) is 0 Å². The van der Waals surface area contributed by atoms with Gasteiger partial charge in [-0.1, -0.05) is 12.1 Å². The molecule has 2 aromatic rings. The van der Waals surface area contributed by atoms with Crippen LogP contribution in [0.15, 0.2) is 42.5 Å². The van der Waals surface area contributed by atoms with Crippen molar-refractivity contribution < 1.29 is 28.2 Å². The lowest BCUT2D eigenvalue weighted by Gasteiger charge is -2.21. The first-order chi connectivity index (χ1) is 14.8. The molecule has 0 aliphatic rings. The van der Waals surface area contributed by atoms with Gasteiger partial charge >= 0.3 is 5.97 Å². The van der Waals surface area contributed by atoms with Gasteiger partial charge in [-0.05, 0) is 42.8 Å². The fourth-order valence-corrected chi connectivity index (χ4v) is 2.88. The Hall–Kier alpha value is -3.46. The number of nitrogens with one attached hydrogen (secondary N) is 2. The van der Waals surface area contributed by atoms with Crippen molar-refractivity contribution in [2.75, 3.05) is 37.4 Å². The topological polar surface area (TPSA) is 97.0 Å². The van der Waals surface area contributed by atoms with Crippen molar-refractivity contribution in [1.82, 2.24) is 4.90 Å². The number of ether oxygens (including phenoxy) is 2. The van der Waals surface area contributed by atoms with Gasteiger partial charge in [-0.25, -0.2) is 4.39 Å². The quantitative estimate of drug-likeness (QED) is 0.562. The minimum Gasteiger partial charge on any atom is -0.495 e. The maximum atomic E-state index is 13.2. The van der Waals surface area contributed by atoms with Crippen molar-refractivity contribution in [1.29, 1.82) is 0 Å². The van der Waals surface area contributed by atoms with E-state index >= 15 is 0 Å². The number of carbonyl (C=O) groups excluding carboxylic acids is 3. The number of methoxy groups -OCH3 is 1. The number of nitrogens with zero attached hydrogens (tertiary/aromatic N) is 1. The number of amides is 2. The first-order valence-corrected chi connectivity index (χ1v) is 9.68. The maximum Gasteiger partial charge on any atom is 0.320 e. The largest absolute Gasteiger partial charge is 0.495 e. The molecule has 2 rings (SSSR count). The smallest absolute Gasteiger partial charge is 0.320 e. The van der Waals surface area contributed by atoms with Gasteiger partial charge in [0, 0.05) is 19.2 Å². The Labute approximate surface area is 180 Å². The number of benzene rings is 2. The Balaban J connectivity index is 2.13. The summed E-state index contributed by atoms with van der Waals surface area (Å²) in [6.45, 7) is 3.32. The number of hydrogen-bond acceptors (Lipinski definition) is 6. The summed E-state index contributed by atoms with van der Waals surface area (Å²) in [6, 6.07) is 10.7. The van der Waals surface area contributed by atoms with E-state index in [1.54, 1.807) is 42.2 Å². The average molecular weight is 431 g/mol. The van der Waals surface area contributed by atoms with Crippen LogP contribution in [0.1, 0.15) is 19.4 Å². The second-order valence-electron chi connectivity index (χ2n) is 6.72. The summed E-state index contributed by atoms with van der Waals surface area (Å²) in [4.78, 5) is 37.6. The highest BCUT2D eigenvalue weighted by molar-refractivity contribution is 5.96. The van der Waals surface area contributed by atoms with Crippen LogP contribution in [0.25, 0.3) is 0 Å². The van der Waals surface area contributed by atoms with E-state index in [2.05, 4.69) is 10.6 Å². The van der Waals surface area contributed by atoms with Crippen LogP contribution in [-0.2, 0) is 25.7 Å². The van der Waals surface area contributed by atoms with Gasteiger partial charge < -0.3 is 20.1 Å². The fourth-order valence-electron chi connectivity index (χ4n) is 2.88. The van der Waals surface area contributed by atoms with E-state index in [0.717, 1.165) is 5.56 Å². The zero-order valence-corrected chi connectivity index (χ0v) is 17.7. The molecule has 9 heteroatoms. The predicted octanol–water partition coefficient (Wildman–Crippen LogP) is 2.80. The average Bonchev–Trinajstić information content (AvgIpc) is 2.69. The van der Waals surface area contributed by atoms with Gasteiger partial charge in [-0.3, -0.25) is 19.3 Å². The van der Waals surface area contributed by atoms with E-state index in [-0.39, 0.29) is 38.0 Å². The highest BCUT2D eigenvalue weighted by Gasteiger charge is 2.17. The van der Waals surface area contributed by atoms with E-state index < -0.39 is 11.9 Å². The molecule has 0 atom stereocenters. The Morgan fingerprint density at radius 3 is 2.35 bits per heavy atom. The van der Waals surface area contributed by atoms with Crippen LogP contribution in [0.5, 0.6) is 5.75 Å². The SMILES string of the molecule is CCOC(=O)CN(CC(=O)Nc1cc(NC(C)=O)ccc1OC)Cc1ccc(F)cc1. The van der Waals surface area contributed by atoms with Crippen molar-refractivity contribution in [2.24, 2.45) is 0 Å². The van der Waals surface area contributed by atoms with Crippen molar-refractivity contribution >= 4 is 29.2 Å². The molecule has 0 unspecified atom stereocenters. The number of carbonyl (C=O) groups is 3. The van der Waals surface area contributed by atoms with Gasteiger partial charge in [0.15, 0.2) is 0 Å². The molecule has 0 bridgehead atoms. The molecule has 31 heavy (non-hydrogen) atoms. The van der Waals surface area contributed by atoms with Crippen LogP contribution in [0, 0.1) is 5.82 Å². The highest BCUT2D eigenvalue weighted by Crippen LogP contribution is 2.28. The van der Waals surface area contributed by atoms with Crippen LogP contribution in [0.4, 0.5) is 15.8 Å². The van der Waals surface area contributed by atoms with E-state index in [9.17, 15) is 18.8 Å². The van der Waals surface area contributed by atoms with Crippen LogP contribution in [0.3, 0.4) is 0 Å². The number of anilines is 2. The molecule has 0 radical (unpaired) electrons. The molecule has 0 aromatic heterocycles. The minimum atomic E-state index is -0.470. The van der Waals surface area contributed by atoms with Crippen LogP contribution in [-0.4, -0.2) is 49.5 Å². The summed E-state index contributed by atoms with van der Waals surface area (Å²) in [7, 11) is 1.46. The molecule has 0 spiro atoms. The normalized spacial score (nSPS) is 10.5. The van der Waals surface area contributed by atoms with Gasteiger partial charge in [0.1, 0.15) is 11.6 Å². The Kier molecular flexibility index (Phi) is 8.95. The molecule has 0 aliphatic carbocycles. The van der Waals surface area contributed by atoms with E-state index in [1.165, 1.54) is 26.2 Å². The van der Waals surface area contributed by atoms with Crippen LogP contribution < -0.4 is 15.4 Å². The molecule has 0 aliphatic heterocycles. The molecule has 0 heterocycles. The van der Waals surface area contributed by atoms with Gasteiger partial charge in [-0.15, -0.1) is 0 Å². The van der Waals surface area contributed by atoms with Crippen molar-refractivity contribution in [2.45, 2.75) is 20.4 Å². The van der Waals surface area contributed by atoms with Gasteiger partial charge in [0.2, 0.25) is 11.8 Å². The lowest BCUT2D eigenvalue weighted by molar-refractivity contribution is -0.144. The van der Waals surface area contributed by atoms with Crippen LogP contribution >= 0.6 is 0 Å². The van der Waals surface area contributed by atoms with E-state index in [0.29, 0.717) is 17.1 Å². The molecule has 8 nitrogen and oxygen atoms in total. The summed E-state index contributed by atoms with van der Waals surface area (Å²) < 4.78 is 23.4. The lowest BCUT2D eigenvalue weighted by atomic mass is 10.2. The first-order valence-electron chi connectivity index (χ1n) is 9.68. The Morgan fingerprint density at radius 2 is 1.74 bits per heavy atom. The third kappa shape index (κ3) is 8.06. The van der Waals surface area contributed by atoms with Crippen LogP contribution in [0.2, 0.25) is 0 Å². The summed E-state index contributed by atoms with van der Waals surface area (Å²) in [5.41, 5.74) is 1.61. The molecule has 0 fully saturated rings. The molecule has 2 amide bonds. The zero-order valence-electron chi connectivity index (χ0n) is 17.7. The molecular weight excluding hydrogens is 405 g/mol. The highest BCUT2D eigenvalue weighted by atomic mass is 19.1. The Morgan fingerprint density at radius 1 is 1.03 bits per heavy atom. The summed E-state index contributed by atoms with van der Waals surface area (Å²) in [6.07, 6.45) is 0. The lowest BCUT2D eigenvalue weighted by Crippen LogP contribution is -2.37. The number of hydrogen-bond donors (Lipinski definition) is 2. The first kappa shape index (κ1) is 23.8. The Bertz CT molecular complexity index is 918. The molecular formula is C22H26FN3O5. The fraction of sp³-hybridized carbons (Fsp3) is 0.318. The van der Waals surface area contributed by atoms with Crippen molar-refractivity contribution in [3.05, 3.63) is 53.8 Å². The monoisotopic (exact) mass is 431 g/mol. The van der Waals surface area contributed by atoms with Gasteiger partial charge in [0.05, 0.1) is 32.5 Å². The third-order valence-corrected chi connectivity index (χ3v) is 4.14. The second-order valence-corrected chi connectivity index (χ2v) is 6.72. The zero-order chi connectivity index (χ0) is 22.8.